The van der Waals surface area contributed by atoms with E-state index in [4.69, 9.17) is 14.5 Å². The fraction of sp³-hybridized carbons (Fsp3) is 0.212. The van der Waals surface area contributed by atoms with Gasteiger partial charge in [0.2, 0.25) is 0 Å². The smallest absolute Gasteiger partial charge is 0.286 e. The molecule has 6 aromatic carbocycles. The molecule has 63 heavy (non-hydrogen) atoms. The van der Waals surface area contributed by atoms with Gasteiger partial charge in [0.05, 0.1) is 29.1 Å². The predicted molar refractivity (Wildman–Crippen MR) is 253 cm³/mol. The second-order valence-electron chi connectivity index (χ2n) is 17.8. The fourth-order valence-corrected chi connectivity index (χ4v) is 10.0. The molecule has 0 bridgehead atoms. The van der Waals surface area contributed by atoms with Crippen LogP contribution in [0.3, 0.4) is 0 Å². The van der Waals surface area contributed by atoms with Crippen molar-refractivity contribution >= 4 is 55.4 Å². The van der Waals surface area contributed by atoms with Crippen molar-refractivity contribution in [3.63, 3.8) is 0 Å². The van der Waals surface area contributed by atoms with Crippen molar-refractivity contribution in [3.05, 3.63) is 162 Å². The van der Waals surface area contributed by atoms with Gasteiger partial charge in [0.1, 0.15) is 27.7 Å². The third-order valence-electron chi connectivity index (χ3n) is 11.3. The molecule has 0 amide bonds. The number of nitrogens with zero attached hydrogens (tertiary/aromatic N) is 2. The van der Waals surface area contributed by atoms with Crippen molar-refractivity contribution in [2.24, 2.45) is 9.81 Å². The summed E-state index contributed by atoms with van der Waals surface area (Å²) in [5, 5.41) is 10.9. The molecule has 11 heteroatoms. The normalized spacial score (nSPS) is 13.9. The molecular weight excluding hydrogens is 807 g/mol. The maximum Gasteiger partial charge on any atom is 0.286 e. The summed E-state index contributed by atoms with van der Waals surface area (Å²) in [6.45, 7) is 12.1. The highest BCUT2D eigenvalue weighted by Gasteiger charge is 2.37. The van der Waals surface area contributed by atoms with Gasteiger partial charge in [-0.15, -0.1) is 4.40 Å². The molecule has 0 saturated carbocycles. The Morgan fingerprint density at radius 1 is 0.714 bits per heavy atom. The summed E-state index contributed by atoms with van der Waals surface area (Å²) in [7, 11) is -4.15. The zero-order valence-electron chi connectivity index (χ0n) is 36.0. The molecule has 1 aromatic heterocycles. The molecule has 3 N–H and O–H groups in total. The van der Waals surface area contributed by atoms with Gasteiger partial charge in [0.25, 0.3) is 10.0 Å². The first-order valence-electron chi connectivity index (χ1n) is 21.2. The van der Waals surface area contributed by atoms with Crippen LogP contribution < -0.4 is 25.4 Å². The Morgan fingerprint density at radius 3 is 2.11 bits per heavy atom. The average molecular weight is 856 g/mol. The lowest BCUT2D eigenvalue weighted by Crippen LogP contribution is -2.26. The molecule has 9 rings (SSSR count). The average Bonchev–Trinajstić information content (AvgIpc) is 3.25. The van der Waals surface area contributed by atoms with Crippen LogP contribution in [-0.4, -0.2) is 38.2 Å². The second kappa shape index (κ2) is 16.4. The maximum absolute atomic E-state index is 14.9. The van der Waals surface area contributed by atoms with Gasteiger partial charge >= 0.3 is 0 Å². The highest BCUT2D eigenvalue weighted by molar-refractivity contribution is 7.90. The van der Waals surface area contributed by atoms with Crippen molar-refractivity contribution in [2.45, 2.75) is 57.8 Å². The van der Waals surface area contributed by atoms with Gasteiger partial charge in [-0.3, -0.25) is 4.79 Å². The maximum atomic E-state index is 14.9. The minimum atomic E-state index is -4.15. The molecule has 2 aliphatic rings. The van der Waals surface area contributed by atoms with Crippen LogP contribution in [0.4, 0.5) is 22.9 Å². The Kier molecular flexibility index (Phi) is 10.8. The van der Waals surface area contributed by atoms with Gasteiger partial charge in [-0.25, -0.2) is 4.98 Å². The highest BCUT2D eigenvalue weighted by atomic mass is 32.2. The number of hydrogen-bond donors (Lipinski definition) is 3. The Hall–Kier alpha value is -6.98. The van der Waals surface area contributed by atoms with Crippen LogP contribution in [0.2, 0.25) is 0 Å². The number of carbonyl (C=O) groups excluding carboxylic acids is 1. The standard InChI is InChI=1S/C52H49N5O5S/c1-51(2,3)32-52(4,5)33-25-27-36(28-26-33)62-41-31-40(54-34-17-8-6-9-18-34)44-45-43(37-21-12-13-22-38(37)48(44)58)46(50-55-39-23-14-15-24-42(39)63(59,60)57-50)49(56-47(41)45)53-29-16-30-61-35-19-10-7-11-20-35/h6-15,17-28,31,54H,16,29-30,32H2,1-5H3,(H,53,56)(H,55,57). The van der Waals surface area contributed by atoms with Gasteiger partial charge in [-0.1, -0.05) is 120 Å². The van der Waals surface area contributed by atoms with Gasteiger partial charge in [0.15, 0.2) is 17.4 Å². The van der Waals surface area contributed by atoms with E-state index < -0.39 is 10.0 Å². The summed E-state index contributed by atoms with van der Waals surface area (Å²) >= 11 is 0. The lowest BCUT2D eigenvalue weighted by atomic mass is 9.72. The number of sulfonamides is 1. The number of anilines is 4. The number of hydrogen-bond acceptors (Lipinski definition) is 9. The number of benzene rings is 6. The molecule has 0 saturated heterocycles. The van der Waals surface area contributed by atoms with Crippen LogP contribution in [-0.2, 0) is 15.4 Å². The number of ketones is 1. The Morgan fingerprint density at radius 2 is 1.38 bits per heavy atom. The van der Waals surface area contributed by atoms with E-state index >= 15 is 0 Å². The SMILES string of the molecule is CC(C)(C)CC(C)(C)c1ccc(Oc2cc(Nc3ccccc3)c3c4c(c(C5=NS(=O)(=O)c6ccccc6N5)c(NCCCOc5ccccc5)nc24)-c2ccccc2C3=O)cc1. The topological polar surface area (TPSA) is 131 Å². The molecule has 0 atom stereocenters. The van der Waals surface area contributed by atoms with Crippen molar-refractivity contribution < 1.29 is 22.7 Å². The lowest BCUT2D eigenvalue weighted by molar-refractivity contribution is 0.104. The van der Waals surface area contributed by atoms with Gasteiger partial charge in [-0.05, 0) is 83.3 Å². The Labute approximate surface area is 368 Å². The lowest BCUT2D eigenvalue weighted by Gasteiger charge is -2.33. The van der Waals surface area contributed by atoms with Crippen LogP contribution in [0.1, 0.15) is 74.5 Å². The van der Waals surface area contributed by atoms with E-state index in [0.717, 1.165) is 17.9 Å². The molecule has 0 unspecified atom stereocenters. The quantitative estimate of drug-likeness (QED) is 0.0970. The van der Waals surface area contributed by atoms with Crippen LogP contribution in [0, 0.1) is 5.41 Å². The van der Waals surface area contributed by atoms with Crippen molar-refractivity contribution in [1.82, 2.24) is 4.98 Å². The summed E-state index contributed by atoms with van der Waals surface area (Å²) in [5.74, 6) is 1.99. The van der Waals surface area contributed by atoms with E-state index in [0.29, 0.717) is 87.0 Å². The second-order valence-corrected chi connectivity index (χ2v) is 19.4. The summed E-state index contributed by atoms with van der Waals surface area (Å²) in [4.78, 5) is 20.3. The van der Waals surface area contributed by atoms with Gasteiger partial charge in [0, 0.05) is 34.8 Å². The number of ether oxygens (including phenoxy) is 2. The molecule has 7 aromatic rings. The number of carbonyl (C=O) groups is 1. The van der Waals surface area contributed by atoms with Gasteiger partial charge in [-0.2, -0.15) is 8.42 Å². The van der Waals surface area contributed by atoms with Gasteiger partial charge < -0.3 is 25.4 Å². The zero-order valence-corrected chi connectivity index (χ0v) is 36.8. The van der Waals surface area contributed by atoms with E-state index in [1.54, 1.807) is 24.3 Å². The number of pyridine rings is 1. The van der Waals surface area contributed by atoms with E-state index in [2.05, 4.69) is 67.1 Å². The summed E-state index contributed by atoms with van der Waals surface area (Å²) in [5.41, 5.74) is 5.78. The number of fused-ring (bicyclic) bond motifs is 3. The third kappa shape index (κ3) is 8.36. The first kappa shape index (κ1) is 41.4. The highest BCUT2D eigenvalue weighted by Crippen LogP contribution is 2.50. The Bertz CT molecular complexity index is 3020. The first-order chi connectivity index (χ1) is 30.3. The molecule has 10 nitrogen and oxygen atoms in total. The summed E-state index contributed by atoms with van der Waals surface area (Å²) in [6.07, 6.45) is 1.58. The number of rotatable bonds is 13. The Balaban J connectivity index is 1.26. The predicted octanol–water partition coefficient (Wildman–Crippen LogP) is 12.1. The monoisotopic (exact) mass is 855 g/mol. The molecule has 1 aliphatic heterocycles. The zero-order chi connectivity index (χ0) is 43.9. The van der Waals surface area contributed by atoms with E-state index in [1.807, 2.05) is 97.1 Å². The van der Waals surface area contributed by atoms with E-state index in [1.165, 1.54) is 11.6 Å². The number of para-hydroxylation sites is 3. The minimum absolute atomic E-state index is 0.0674. The van der Waals surface area contributed by atoms with Crippen molar-refractivity contribution in [2.75, 3.05) is 29.1 Å². The fourth-order valence-electron chi connectivity index (χ4n) is 8.90. The van der Waals surface area contributed by atoms with Crippen LogP contribution in [0.25, 0.3) is 22.0 Å². The number of amidine groups is 1. The van der Waals surface area contributed by atoms with E-state index in [-0.39, 0.29) is 27.3 Å². The number of nitrogens with one attached hydrogen (secondary N) is 3. The molecule has 1 aliphatic carbocycles. The summed E-state index contributed by atoms with van der Waals surface area (Å²) < 4.78 is 45.2. The van der Waals surface area contributed by atoms with Crippen molar-refractivity contribution in [1.29, 1.82) is 0 Å². The summed E-state index contributed by atoms with van der Waals surface area (Å²) in [6, 6.07) is 43.3. The third-order valence-corrected chi connectivity index (χ3v) is 12.6. The first-order valence-corrected chi connectivity index (χ1v) is 22.6. The molecule has 0 radical (unpaired) electrons. The van der Waals surface area contributed by atoms with Crippen LogP contribution in [0.15, 0.2) is 149 Å². The van der Waals surface area contributed by atoms with E-state index in [9.17, 15) is 13.2 Å². The van der Waals surface area contributed by atoms with Crippen LogP contribution in [0.5, 0.6) is 17.2 Å². The molecule has 318 valence electrons. The molecule has 2 heterocycles. The molecular formula is C52H49N5O5S. The van der Waals surface area contributed by atoms with Crippen molar-refractivity contribution in [3.8, 4) is 28.4 Å². The molecule has 0 spiro atoms. The largest absolute Gasteiger partial charge is 0.494 e. The molecule has 0 fully saturated rings. The number of aromatic nitrogens is 1. The van der Waals surface area contributed by atoms with Crippen LogP contribution >= 0.6 is 0 Å². The minimum Gasteiger partial charge on any atom is -0.494 e.